The molecule has 1 amide bonds. The molecule has 1 saturated carbocycles. The predicted molar refractivity (Wildman–Crippen MR) is 78.9 cm³/mol. The average molecular weight is 290 g/mol. The highest BCUT2D eigenvalue weighted by Crippen LogP contribution is 2.28. The molecule has 114 valence electrons. The fourth-order valence-corrected chi connectivity index (χ4v) is 2.74. The number of benzene rings is 1. The first-order valence-corrected chi connectivity index (χ1v) is 7.63. The number of hydrogen-bond acceptors (Lipinski definition) is 4. The van der Waals surface area contributed by atoms with Crippen LogP contribution in [-0.4, -0.2) is 59.8 Å². The van der Waals surface area contributed by atoms with Crippen LogP contribution < -0.4 is 0 Å². The molecule has 21 heavy (non-hydrogen) atoms. The maximum Gasteiger partial charge on any atom is 0.409 e. The number of nitrogens with zero attached hydrogens (tertiary/aromatic N) is 2. The Balaban J connectivity index is 1.53. The summed E-state index contributed by atoms with van der Waals surface area (Å²) < 4.78 is 4.94. The Labute approximate surface area is 125 Å². The molecule has 0 unspecified atom stereocenters. The molecular formula is C16H22N2O3. The highest BCUT2D eigenvalue weighted by atomic mass is 16.6. The quantitative estimate of drug-likeness (QED) is 0.829. The van der Waals surface area contributed by atoms with Crippen molar-refractivity contribution >= 4 is 6.09 Å². The Bertz CT molecular complexity index is 476. The van der Waals surface area contributed by atoms with Crippen LogP contribution in [0.4, 0.5) is 4.79 Å². The van der Waals surface area contributed by atoms with Crippen molar-refractivity contribution in [2.75, 3.05) is 32.8 Å². The van der Waals surface area contributed by atoms with Gasteiger partial charge in [-0.05, 0) is 18.4 Å². The van der Waals surface area contributed by atoms with Gasteiger partial charge < -0.3 is 14.7 Å². The average Bonchev–Trinajstić information content (AvgIpc) is 3.27. The SMILES string of the molecule is O=C1OCCN1CCN(C[C@@H](O)c1ccccc1)C1CC1. The first-order chi connectivity index (χ1) is 10.2. The number of aliphatic hydroxyl groups excluding tert-OH is 1. The second-order valence-corrected chi connectivity index (χ2v) is 5.75. The van der Waals surface area contributed by atoms with E-state index < -0.39 is 6.10 Å². The molecule has 0 spiro atoms. The minimum Gasteiger partial charge on any atom is -0.448 e. The van der Waals surface area contributed by atoms with Crippen molar-refractivity contribution in [1.82, 2.24) is 9.80 Å². The zero-order valence-corrected chi connectivity index (χ0v) is 12.1. The first-order valence-electron chi connectivity index (χ1n) is 7.63. The van der Waals surface area contributed by atoms with Gasteiger partial charge in [0.15, 0.2) is 0 Å². The molecule has 1 aliphatic heterocycles. The molecule has 5 nitrogen and oxygen atoms in total. The molecule has 0 radical (unpaired) electrons. The van der Waals surface area contributed by atoms with Gasteiger partial charge >= 0.3 is 6.09 Å². The van der Waals surface area contributed by atoms with E-state index in [4.69, 9.17) is 4.74 Å². The first kappa shape index (κ1) is 14.4. The van der Waals surface area contributed by atoms with Crippen molar-refractivity contribution in [3.8, 4) is 0 Å². The molecular weight excluding hydrogens is 268 g/mol. The van der Waals surface area contributed by atoms with Crippen LogP contribution in [0.1, 0.15) is 24.5 Å². The second-order valence-electron chi connectivity index (χ2n) is 5.75. The Morgan fingerprint density at radius 3 is 2.71 bits per heavy atom. The monoisotopic (exact) mass is 290 g/mol. The Hall–Kier alpha value is -1.59. The number of rotatable bonds is 7. The topological polar surface area (TPSA) is 53.0 Å². The van der Waals surface area contributed by atoms with Gasteiger partial charge in [0.05, 0.1) is 12.6 Å². The van der Waals surface area contributed by atoms with Gasteiger partial charge in [0.2, 0.25) is 0 Å². The zero-order chi connectivity index (χ0) is 14.7. The summed E-state index contributed by atoms with van der Waals surface area (Å²) in [6.45, 7) is 3.27. The lowest BCUT2D eigenvalue weighted by Crippen LogP contribution is -2.38. The van der Waals surface area contributed by atoms with Crippen molar-refractivity contribution in [1.29, 1.82) is 0 Å². The van der Waals surface area contributed by atoms with E-state index in [-0.39, 0.29) is 6.09 Å². The van der Waals surface area contributed by atoms with Crippen LogP contribution in [0, 0.1) is 0 Å². The zero-order valence-electron chi connectivity index (χ0n) is 12.1. The highest BCUT2D eigenvalue weighted by Gasteiger charge is 2.31. The van der Waals surface area contributed by atoms with E-state index in [0.717, 1.165) is 12.1 Å². The number of hydrogen-bond donors (Lipinski definition) is 1. The molecule has 1 aliphatic carbocycles. The lowest BCUT2D eigenvalue weighted by atomic mass is 10.1. The molecule has 5 heteroatoms. The third kappa shape index (κ3) is 3.74. The molecule has 1 heterocycles. The maximum absolute atomic E-state index is 11.5. The van der Waals surface area contributed by atoms with E-state index in [9.17, 15) is 9.90 Å². The number of ether oxygens (including phenoxy) is 1. The number of aliphatic hydroxyl groups is 1. The van der Waals surface area contributed by atoms with Crippen molar-refractivity contribution in [2.24, 2.45) is 0 Å². The van der Waals surface area contributed by atoms with Crippen molar-refractivity contribution in [2.45, 2.75) is 25.0 Å². The summed E-state index contributed by atoms with van der Waals surface area (Å²) >= 11 is 0. The molecule has 1 saturated heterocycles. The third-order valence-corrected chi connectivity index (χ3v) is 4.16. The molecule has 1 atom stereocenters. The van der Waals surface area contributed by atoms with Crippen molar-refractivity contribution in [3.05, 3.63) is 35.9 Å². The van der Waals surface area contributed by atoms with Gasteiger partial charge in [-0.2, -0.15) is 0 Å². The summed E-state index contributed by atoms with van der Waals surface area (Å²) in [6, 6.07) is 10.3. The molecule has 3 rings (SSSR count). The number of cyclic esters (lactones) is 1. The number of amides is 1. The molecule has 0 aromatic heterocycles. The van der Waals surface area contributed by atoms with E-state index in [0.29, 0.717) is 32.3 Å². The smallest absolute Gasteiger partial charge is 0.409 e. The fraction of sp³-hybridized carbons (Fsp3) is 0.562. The molecule has 1 aromatic rings. The van der Waals surface area contributed by atoms with Gasteiger partial charge in [-0.25, -0.2) is 4.79 Å². The van der Waals surface area contributed by atoms with Crippen molar-refractivity contribution in [3.63, 3.8) is 0 Å². The number of carbonyl (C=O) groups is 1. The highest BCUT2D eigenvalue weighted by molar-refractivity contribution is 5.69. The van der Waals surface area contributed by atoms with Gasteiger partial charge in [-0.1, -0.05) is 30.3 Å². The normalized spacial score (nSPS) is 19.9. The third-order valence-electron chi connectivity index (χ3n) is 4.16. The van der Waals surface area contributed by atoms with Gasteiger partial charge in [0.1, 0.15) is 6.61 Å². The minimum atomic E-state index is -0.475. The Morgan fingerprint density at radius 2 is 2.10 bits per heavy atom. The van der Waals surface area contributed by atoms with Crippen LogP contribution in [-0.2, 0) is 4.74 Å². The standard InChI is InChI=1S/C16H22N2O3/c19-15(13-4-2-1-3-5-13)12-18(14-6-7-14)9-8-17-10-11-21-16(17)20/h1-5,14-15,19H,6-12H2/t15-/m1/s1. The van der Waals surface area contributed by atoms with E-state index in [1.54, 1.807) is 4.90 Å². The van der Waals surface area contributed by atoms with Crippen molar-refractivity contribution < 1.29 is 14.6 Å². The summed E-state index contributed by atoms with van der Waals surface area (Å²) in [5, 5.41) is 10.4. The summed E-state index contributed by atoms with van der Waals surface area (Å²) in [6.07, 6.45) is 1.68. The van der Waals surface area contributed by atoms with E-state index in [1.165, 1.54) is 12.8 Å². The fourth-order valence-electron chi connectivity index (χ4n) is 2.74. The van der Waals surface area contributed by atoms with Crippen LogP contribution in [0.3, 0.4) is 0 Å². The molecule has 2 aliphatic rings. The van der Waals surface area contributed by atoms with Gasteiger partial charge in [0.25, 0.3) is 0 Å². The lowest BCUT2D eigenvalue weighted by Gasteiger charge is -2.26. The van der Waals surface area contributed by atoms with E-state index >= 15 is 0 Å². The summed E-state index contributed by atoms with van der Waals surface area (Å²) in [5.74, 6) is 0. The van der Waals surface area contributed by atoms with Crippen LogP contribution in [0.15, 0.2) is 30.3 Å². The lowest BCUT2D eigenvalue weighted by molar-refractivity contribution is 0.102. The molecule has 1 N–H and O–H groups in total. The van der Waals surface area contributed by atoms with E-state index in [1.807, 2.05) is 30.3 Å². The van der Waals surface area contributed by atoms with E-state index in [2.05, 4.69) is 4.90 Å². The summed E-state index contributed by atoms with van der Waals surface area (Å²) in [4.78, 5) is 15.5. The largest absolute Gasteiger partial charge is 0.448 e. The number of carbonyl (C=O) groups excluding carboxylic acids is 1. The van der Waals surface area contributed by atoms with Gasteiger partial charge in [-0.3, -0.25) is 4.90 Å². The molecule has 1 aromatic carbocycles. The minimum absolute atomic E-state index is 0.214. The van der Waals surface area contributed by atoms with Gasteiger partial charge in [0, 0.05) is 25.7 Å². The Kier molecular flexibility index (Phi) is 4.41. The van der Waals surface area contributed by atoms with Crippen LogP contribution in [0.5, 0.6) is 0 Å². The van der Waals surface area contributed by atoms with Crippen LogP contribution in [0.2, 0.25) is 0 Å². The summed E-state index contributed by atoms with van der Waals surface area (Å²) in [5.41, 5.74) is 0.948. The predicted octanol–water partition coefficient (Wildman–Crippen LogP) is 1.64. The van der Waals surface area contributed by atoms with Gasteiger partial charge in [-0.15, -0.1) is 0 Å². The summed E-state index contributed by atoms with van der Waals surface area (Å²) in [7, 11) is 0. The maximum atomic E-state index is 11.5. The van der Waals surface area contributed by atoms with Crippen LogP contribution >= 0.6 is 0 Å². The molecule has 2 fully saturated rings. The Morgan fingerprint density at radius 1 is 1.33 bits per heavy atom. The van der Waals surface area contributed by atoms with Crippen LogP contribution in [0.25, 0.3) is 0 Å². The second kappa shape index (κ2) is 6.45. The molecule has 0 bridgehead atoms.